The summed E-state index contributed by atoms with van der Waals surface area (Å²) in [6.45, 7) is 3.63. The molecule has 0 unspecified atom stereocenters. The summed E-state index contributed by atoms with van der Waals surface area (Å²) in [5.41, 5.74) is 0.940. The number of nitrogens with one attached hydrogen (secondary N) is 2. The van der Waals surface area contributed by atoms with Crippen molar-refractivity contribution in [1.29, 1.82) is 0 Å². The van der Waals surface area contributed by atoms with Crippen molar-refractivity contribution in [1.82, 2.24) is 4.31 Å². The van der Waals surface area contributed by atoms with Crippen molar-refractivity contribution in [3.63, 3.8) is 0 Å². The lowest BCUT2D eigenvalue weighted by Crippen LogP contribution is -3.15. The Labute approximate surface area is 172 Å². The molecule has 150 valence electrons. The van der Waals surface area contributed by atoms with Crippen molar-refractivity contribution in [2.45, 2.75) is 11.8 Å². The molecule has 1 amide bonds. The maximum Gasteiger partial charge on any atom is 0.279 e. The summed E-state index contributed by atoms with van der Waals surface area (Å²) < 4.78 is 41.3. The molecule has 0 bridgehead atoms. The second-order valence-electron chi connectivity index (χ2n) is 6.80. The van der Waals surface area contributed by atoms with E-state index in [1.807, 2.05) is 0 Å². The summed E-state index contributed by atoms with van der Waals surface area (Å²) in [4.78, 5) is 13.5. The topological polar surface area (TPSA) is 70.9 Å². The van der Waals surface area contributed by atoms with Crippen LogP contribution in [0.3, 0.4) is 0 Å². The zero-order chi connectivity index (χ0) is 20.3. The van der Waals surface area contributed by atoms with E-state index in [1.54, 1.807) is 43.3 Å². The third-order valence-electron chi connectivity index (χ3n) is 4.75. The van der Waals surface area contributed by atoms with Gasteiger partial charge in [-0.25, -0.2) is 12.8 Å². The van der Waals surface area contributed by atoms with Crippen molar-refractivity contribution < 1.29 is 22.5 Å². The first-order valence-electron chi connectivity index (χ1n) is 8.91. The minimum Gasteiger partial charge on any atom is -0.325 e. The van der Waals surface area contributed by atoms with Crippen LogP contribution in [0.4, 0.5) is 10.1 Å². The zero-order valence-electron chi connectivity index (χ0n) is 15.4. The molecule has 6 nitrogen and oxygen atoms in total. The van der Waals surface area contributed by atoms with Gasteiger partial charge >= 0.3 is 0 Å². The molecule has 0 atom stereocenters. The van der Waals surface area contributed by atoms with Crippen molar-refractivity contribution in [3.05, 3.63) is 58.3 Å². The summed E-state index contributed by atoms with van der Waals surface area (Å²) in [6.07, 6.45) is 0. The molecule has 2 aromatic carbocycles. The van der Waals surface area contributed by atoms with Crippen LogP contribution >= 0.6 is 15.9 Å². The number of rotatable bonds is 5. The number of sulfonamides is 1. The second kappa shape index (κ2) is 8.69. The molecule has 9 heteroatoms. The number of amides is 1. The Morgan fingerprint density at radius 3 is 2.43 bits per heavy atom. The van der Waals surface area contributed by atoms with Crippen LogP contribution in [0.15, 0.2) is 51.8 Å². The Balaban J connectivity index is 1.54. The van der Waals surface area contributed by atoms with Gasteiger partial charge in [0.05, 0.1) is 31.1 Å². The molecule has 3 rings (SSSR count). The minimum absolute atomic E-state index is 0.210. The van der Waals surface area contributed by atoms with Gasteiger partial charge in [-0.15, -0.1) is 0 Å². The minimum atomic E-state index is -3.53. The van der Waals surface area contributed by atoms with Crippen LogP contribution in [-0.2, 0) is 14.8 Å². The Morgan fingerprint density at radius 1 is 1.18 bits per heavy atom. The number of anilines is 1. The SMILES string of the molecule is Cc1ccc(NC(=O)C[NH+]2CCN(S(=O)(=O)c3ccc(Br)cc3)CC2)cc1F. The van der Waals surface area contributed by atoms with Gasteiger partial charge in [-0.3, -0.25) is 4.79 Å². The summed E-state index contributed by atoms with van der Waals surface area (Å²) in [5, 5.41) is 2.69. The highest BCUT2D eigenvalue weighted by atomic mass is 79.9. The molecule has 0 aromatic heterocycles. The van der Waals surface area contributed by atoms with E-state index in [9.17, 15) is 17.6 Å². The number of piperazine rings is 1. The lowest BCUT2D eigenvalue weighted by atomic mass is 10.2. The maximum atomic E-state index is 13.6. The number of hydrogen-bond donors (Lipinski definition) is 2. The average Bonchev–Trinajstić information content (AvgIpc) is 2.65. The molecule has 0 aliphatic carbocycles. The number of carbonyl (C=O) groups is 1. The van der Waals surface area contributed by atoms with Crippen LogP contribution in [0, 0.1) is 12.7 Å². The number of halogens is 2. The van der Waals surface area contributed by atoms with E-state index < -0.39 is 10.0 Å². The van der Waals surface area contributed by atoms with E-state index in [2.05, 4.69) is 21.2 Å². The maximum absolute atomic E-state index is 13.6. The molecule has 0 saturated carbocycles. The van der Waals surface area contributed by atoms with Gasteiger partial charge < -0.3 is 10.2 Å². The number of nitrogens with zero attached hydrogens (tertiary/aromatic N) is 1. The van der Waals surface area contributed by atoms with Gasteiger partial charge in [0.2, 0.25) is 10.0 Å². The van der Waals surface area contributed by atoms with Crippen LogP contribution in [-0.4, -0.2) is 51.4 Å². The molecule has 2 N–H and O–H groups in total. The van der Waals surface area contributed by atoms with Crippen molar-refractivity contribution >= 4 is 37.5 Å². The normalized spacial score (nSPS) is 16.1. The highest BCUT2D eigenvalue weighted by Gasteiger charge is 2.31. The highest BCUT2D eigenvalue weighted by molar-refractivity contribution is 9.10. The average molecular weight is 471 g/mol. The van der Waals surface area contributed by atoms with E-state index in [4.69, 9.17) is 0 Å². The molecule has 1 aliphatic rings. The summed E-state index contributed by atoms with van der Waals surface area (Å²) >= 11 is 3.30. The molecule has 1 heterocycles. The largest absolute Gasteiger partial charge is 0.325 e. The number of quaternary nitrogens is 1. The van der Waals surface area contributed by atoms with Gasteiger partial charge in [-0.1, -0.05) is 22.0 Å². The fraction of sp³-hybridized carbons (Fsp3) is 0.316. The molecule has 2 aromatic rings. The molecular weight excluding hydrogens is 449 g/mol. The lowest BCUT2D eigenvalue weighted by Gasteiger charge is -2.31. The fourth-order valence-electron chi connectivity index (χ4n) is 3.08. The Bertz CT molecular complexity index is 959. The smallest absolute Gasteiger partial charge is 0.279 e. The Morgan fingerprint density at radius 2 is 1.82 bits per heavy atom. The molecule has 0 radical (unpaired) electrons. The first kappa shape index (κ1) is 20.9. The van der Waals surface area contributed by atoms with Crippen LogP contribution < -0.4 is 10.2 Å². The number of benzene rings is 2. The van der Waals surface area contributed by atoms with Gasteiger partial charge in [-0.2, -0.15) is 4.31 Å². The third kappa shape index (κ3) is 4.96. The summed E-state index contributed by atoms with van der Waals surface area (Å²) in [6, 6.07) is 11.1. The standard InChI is InChI=1S/C19H21BrFN3O3S/c1-14-2-5-16(12-18(14)21)22-19(25)13-23-8-10-24(11-9-23)28(26,27)17-6-3-15(20)4-7-17/h2-7,12H,8-11,13H2,1H3,(H,22,25)/p+1. The zero-order valence-corrected chi connectivity index (χ0v) is 17.8. The van der Waals surface area contributed by atoms with Crippen LogP contribution in [0.1, 0.15) is 5.56 Å². The number of carbonyl (C=O) groups excluding carboxylic acids is 1. The van der Waals surface area contributed by atoms with Crippen molar-refractivity contribution in [2.24, 2.45) is 0 Å². The van der Waals surface area contributed by atoms with Gasteiger partial charge in [0.15, 0.2) is 6.54 Å². The Kier molecular flexibility index (Phi) is 6.49. The lowest BCUT2D eigenvalue weighted by molar-refractivity contribution is -0.895. The summed E-state index contributed by atoms with van der Waals surface area (Å²) in [5.74, 6) is -0.584. The molecule has 1 saturated heterocycles. The quantitative estimate of drug-likeness (QED) is 0.694. The number of hydrogen-bond acceptors (Lipinski definition) is 3. The Hall–Kier alpha value is -1.81. The van der Waals surface area contributed by atoms with E-state index in [0.717, 1.165) is 9.37 Å². The van der Waals surface area contributed by atoms with Gasteiger partial charge in [-0.05, 0) is 48.9 Å². The van der Waals surface area contributed by atoms with Crippen molar-refractivity contribution in [3.8, 4) is 0 Å². The van der Waals surface area contributed by atoms with Crippen LogP contribution in [0.2, 0.25) is 0 Å². The molecule has 1 aliphatic heterocycles. The van der Waals surface area contributed by atoms with E-state index in [1.165, 1.54) is 10.4 Å². The van der Waals surface area contributed by atoms with Crippen molar-refractivity contribution in [2.75, 3.05) is 38.0 Å². The fourth-order valence-corrected chi connectivity index (χ4v) is 4.78. The molecule has 28 heavy (non-hydrogen) atoms. The van der Waals surface area contributed by atoms with E-state index in [-0.39, 0.29) is 23.2 Å². The highest BCUT2D eigenvalue weighted by Crippen LogP contribution is 2.18. The van der Waals surface area contributed by atoms with Gasteiger partial charge in [0, 0.05) is 10.2 Å². The first-order valence-corrected chi connectivity index (χ1v) is 11.1. The monoisotopic (exact) mass is 470 g/mol. The van der Waals surface area contributed by atoms with Gasteiger partial charge in [0.25, 0.3) is 5.91 Å². The van der Waals surface area contributed by atoms with Crippen LogP contribution in [0.5, 0.6) is 0 Å². The number of aryl methyl sites for hydroxylation is 1. The van der Waals surface area contributed by atoms with Gasteiger partial charge in [0.1, 0.15) is 5.82 Å². The third-order valence-corrected chi connectivity index (χ3v) is 7.19. The predicted molar refractivity (Wildman–Crippen MR) is 108 cm³/mol. The molecule has 1 fully saturated rings. The molecular formula is C19H22BrFN3O3S+. The van der Waals surface area contributed by atoms with E-state index >= 15 is 0 Å². The van der Waals surface area contributed by atoms with Crippen LogP contribution in [0.25, 0.3) is 0 Å². The predicted octanol–water partition coefficient (Wildman–Crippen LogP) is 1.42. The second-order valence-corrected chi connectivity index (χ2v) is 9.65. The summed E-state index contributed by atoms with van der Waals surface area (Å²) in [7, 11) is -3.53. The van der Waals surface area contributed by atoms with E-state index in [0.29, 0.717) is 37.4 Å². The first-order chi connectivity index (χ1) is 13.3. The molecule has 0 spiro atoms.